The Bertz CT molecular complexity index is 1110. The number of nitro groups is 1. The molecule has 1 atom stereocenters. The van der Waals surface area contributed by atoms with Crippen LogP contribution in [0.2, 0.25) is 0 Å². The standard InChI is InChI=1S/C21H25N3O7S2/c1-14-22-19(13-32-14)20-10-11-30-23(20)21(25)16-4-2-15(3-5-16)12-31-33(28,29)18-8-6-17(7-9-18)24(26)27/h6-9,13,15-16,20H,2-5,10-12H2,1H3/t15-,16-,20-/m0/s1. The van der Waals surface area contributed by atoms with Crippen LogP contribution < -0.4 is 0 Å². The molecule has 1 amide bonds. The number of nitrogens with zero attached hydrogens (tertiary/aromatic N) is 3. The molecule has 4 rings (SSSR count). The molecule has 0 N–H and O–H groups in total. The molecule has 12 heteroatoms. The molecule has 1 saturated heterocycles. The Morgan fingerprint density at radius 2 is 1.94 bits per heavy atom. The minimum absolute atomic E-state index is 0.0124. The quantitative estimate of drug-likeness (QED) is 0.322. The van der Waals surface area contributed by atoms with Gasteiger partial charge in [0.15, 0.2) is 0 Å². The van der Waals surface area contributed by atoms with Crippen molar-refractivity contribution >= 4 is 33.0 Å². The van der Waals surface area contributed by atoms with Crippen LogP contribution in [0.25, 0.3) is 0 Å². The van der Waals surface area contributed by atoms with Crippen LogP contribution in [0, 0.1) is 28.9 Å². The fourth-order valence-corrected chi connectivity index (χ4v) is 5.87. The number of hydrogen-bond acceptors (Lipinski definition) is 9. The molecule has 1 aliphatic heterocycles. The van der Waals surface area contributed by atoms with E-state index < -0.39 is 15.0 Å². The summed E-state index contributed by atoms with van der Waals surface area (Å²) in [5.41, 5.74) is 0.674. The molecule has 0 spiro atoms. The summed E-state index contributed by atoms with van der Waals surface area (Å²) in [7, 11) is -4.00. The molecule has 1 aliphatic carbocycles. The van der Waals surface area contributed by atoms with E-state index in [1.165, 1.54) is 17.2 Å². The molecule has 1 aromatic heterocycles. The van der Waals surface area contributed by atoms with Crippen molar-refractivity contribution < 1.29 is 27.2 Å². The average molecular weight is 496 g/mol. The van der Waals surface area contributed by atoms with Crippen LogP contribution in [-0.4, -0.2) is 42.5 Å². The lowest BCUT2D eigenvalue weighted by molar-refractivity contribution is -0.384. The highest BCUT2D eigenvalue weighted by molar-refractivity contribution is 7.86. The zero-order valence-corrected chi connectivity index (χ0v) is 19.7. The molecule has 2 heterocycles. The number of hydrogen-bond donors (Lipinski definition) is 0. The van der Waals surface area contributed by atoms with Gasteiger partial charge in [-0.3, -0.25) is 23.9 Å². The summed E-state index contributed by atoms with van der Waals surface area (Å²) in [6, 6.07) is 4.44. The van der Waals surface area contributed by atoms with Crippen molar-refractivity contribution in [2.75, 3.05) is 13.2 Å². The highest BCUT2D eigenvalue weighted by atomic mass is 32.2. The van der Waals surface area contributed by atoms with Crippen LogP contribution in [-0.2, 0) is 23.9 Å². The van der Waals surface area contributed by atoms with E-state index in [-0.39, 0.29) is 41.0 Å². The first-order valence-electron chi connectivity index (χ1n) is 10.8. The van der Waals surface area contributed by atoms with Crippen molar-refractivity contribution in [3.63, 3.8) is 0 Å². The predicted octanol–water partition coefficient (Wildman–Crippen LogP) is 3.78. The molecule has 33 heavy (non-hydrogen) atoms. The van der Waals surface area contributed by atoms with Crippen molar-refractivity contribution in [2.45, 2.75) is 50.0 Å². The van der Waals surface area contributed by atoms with Gasteiger partial charge in [-0.2, -0.15) is 8.42 Å². The van der Waals surface area contributed by atoms with E-state index in [0.717, 1.165) is 29.3 Å². The summed E-state index contributed by atoms with van der Waals surface area (Å²) in [6.07, 6.45) is 3.32. The number of carbonyl (C=O) groups excluding carboxylic acids is 1. The van der Waals surface area contributed by atoms with E-state index >= 15 is 0 Å². The Hall–Kier alpha value is -2.41. The normalized spacial score (nSPS) is 23.5. The molecule has 0 radical (unpaired) electrons. The Labute approximate surface area is 195 Å². The number of nitro benzene ring substituents is 1. The molecular formula is C21H25N3O7S2. The smallest absolute Gasteiger partial charge is 0.272 e. The molecule has 178 valence electrons. The Kier molecular flexibility index (Phi) is 7.07. The molecule has 1 aromatic carbocycles. The van der Waals surface area contributed by atoms with Crippen molar-refractivity contribution in [1.29, 1.82) is 0 Å². The van der Waals surface area contributed by atoms with Crippen molar-refractivity contribution in [3.05, 3.63) is 50.5 Å². The maximum atomic E-state index is 13.1. The average Bonchev–Trinajstić information content (AvgIpc) is 3.46. The molecule has 2 aromatic rings. The number of aromatic nitrogens is 1. The third kappa shape index (κ3) is 5.40. The molecule has 10 nitrogen and oxygen atoms in total. The molecule has 0 bridgehead atoms. The van der Waals surface area contributed by atoms with Gasteiger partial charge in [-0.1, -0.05) is 0 Å². The summed E-state index contributed by atoms with van der Waals surface area (Å²) in [4.78, 5) is 33.2. The zero-order valence-electron chi connectivity index (χ0n) is 18.1. The van der Waals surface area contributed by atoms with E-state index in [9.17, 15) is 23.3 Å². The topological polar surface area (TPSA) is 129 Å². The molecular weight excluding hydrogens is 470 g/mol. The SMILES string of the molecule is Cc1nc([C@@H]2CCON2C(=O)[C@H]2CC[C@H](COS(=O)(=O)c3ccc([N+](=O)[O-])cc3)CC2)cs1. The lowest BCUT2D eigenvalue weighted by Gasteiger charge is -2.31. The van der Waals surface area contributed by atoms with Gasteiger partial charge in [0.2, 0.25) is 5.91 Å². The summed E-state index contributed by atoms with van der Waals surface area (Å²) < 4.78 is 30.0. The van der Waals surface area contributed by atoms with E-state index in [1.807, 2.05) is 12.3 Å². The third-order valence-corrected chi connectivity index (χ3v) is 8.18. The molecule has 1 saturated carbocycles. The Balaban J connectivity index is 1.29. The first kappa shape index (κ1) is 23.7. The van der Waals surface area contributed by atoms with Crippen molar-refractivity contribution in [2.24, 2.45) is 11.8 Å². The van der Waals surface area contributed by atoms with Gasteiger partial charge >= 0.3 is 0 Å². The molecule has 0 unspecified atom stereocenters. The van der Waals surface area contributed by atoms with Gasteiger partial charge in [0.1, 0.15) is 6.04 Å². The van der Waals surface area contributed by atoms with Crippen LogP contribution in [0.5, 0.6) is 0 Å². The maximum Gasteiger partial charge on any atom is 0.296 e. The lowest BCUT2D eigenvalue weighted by atomic mass is 9.82. The third-order valence-electron chi connectivity index (χ3n) is 6.09. The van der Waals surface area contributed by atoms with E-state index in [1.54, 1.807) is 11.3 Å². The Morgan fingerprint density at radius 1 is 1.24 bits per heavy atom. The number of amides is 1. The fraction of sp³-hybridized carbons (Fsp3) is 0.524. The number of hydroxylamine groups is 2. The summed E-state index contributed by atoms with van der Waals surface area (Å²) in [5.74, 6) is -0.202. The second kappa shape index (κ2) is 9.84. The van der Waals surface area contributed by atoms with Gasteiger partial charge in [0.25, 0.3) is 15.8 Å². The number of carbonyl (C=O) groups is 1. The van der Waals surface area contributed by atoms with Gasteiger partial charge in [-0.05, 0) is 50.7 Å². The van der Waals surface area contributed by atoms with Gasteiger partial charge < -0.3 is 0 Å². The number of thiazole rings is 1. The number of rotatable bonds is 7. The molecule has 2 aliphatic rings. The Morgan fingerprint density at radius 3 is 2.55 bits per heavy atom. The van der Waals surface area contributed by atoms with Crippen LogP contribution in [0.1, 0.15) is 48.8 Å². The maximum absolute atomic E-state index is 13.1. The highest BCUT2D eigenvalue weighted by Gasteiger charge is 2.38. The van der Waals surface area contributed by atoms with Gasteiger partial charge in [-0.15, -0.1) is 11.3 Å². The predicted molar refractivity (Wildman–Crippen MR) is 119 cm³/mol. The van der Waals surface area contributed by atoms with E-state index in [2.05, 4.69) is 4.98 Å². The lowest BCUT2D eigenvalue weighted by Crippen LogP contribution is -2.37. The minimum atomic E-state index is -4.00. The van der Waals surface area contributed by atoms with Crippen molar-refractivity contribution in [1.82, 2.24) is 10.0 Å². The number of benzene rings is 1. The van der Waals surface area contributed by atoms with Gasteiger partial charge in [-0.25, -0.2) is 10.0 Å². The second-order valence-electron chi connectivity index (χ2n) is 8.30. The van der Waals surface area contributed by atoms with Gasteiger partial charge in [0, 0.05) is 29.9 Å². The minimum Gasteiger partial charge on any atom is -0.272 e. The van der Waals surface area contributed by atoms with E-state index in [0.29, 0.717) is 32.3 Å². The number of non-ortho nitro benzene ring substituents is 1. The monoisotopic (exact) mass is 495 g/mol. The fourth-order valence-electron chi connectivity index (χ4n) is 4.23. The zero-order chi connectivity index (χ0) is 23.6. The van der Waals surface area contributed by atoms with Crippen LogP contribution in [0.4, 0.5) is 5.69 Å². The largest absolute Gasteiger partial charge is 0.296 e. The van der Waals surface area contributed by atoms with E-state index in [4.69, 9.17) is 9.02 Å². The first-order chi connectivity index (χ1) is 15.7. The summed E-state index contributed by atoms with van der Waals surface area (Å²) >= 11 is 1.55. The summed E-state index contributed by atoms with van der Waals surface area (Å²) in [5, 5.41) is 15.1. The number of aryl methyl sites for hydroxylation is 1. The van der Waals surface area contributed by atoms with Crippen LogP contribution in [0.15, 0.2) is 34.5 Å². The van der Waals surface area contributed by atoms with Crippen LogP contribution in [0.3, 0.4) is 0 Å². The highest BCUT2D eigenvalue weighted by Crippen LogP contribution is 2.36. The molecule has 2 fully saturated rings. The van der Waals surface area contributed by atoms with Crippen molar-refractivity contribution in [3.8, 4) is 0 Å². The second-order valence-corrected chi connectivity index (χ2v) is 11.0. The summed E-state index contributed by atoms with van der Waals surface area (Å²) in [6.45, 7) is 2.43. The van der Waals surface area contributed by atoms with Gasteiger partial charge in [0.05, 0.1) is 33.7 Å². The van der Waals surface area contributed by atoms with Crippen LogP contribution >= 0.6 is 11.3 Å². The first-order valence-corrected chi connectivity index (χ1v) is 13.1.